The first-order valence-electron chi connectivity index (χ1n) is 6.53. The second-order valence-corrected chi connectivity index (χ2v) is 5.95. The van der Waals surface area contributed by atoms with Gasteiger partial charge in [-0.3, -0.25) is 9.35 Å². The third-order valence-corrected chi connectivity index (χ3v) is 3.24. The Hall–Kier alpha value is -2.13. The summed E-state index contributed by atoms with van der Waals surface area (Å²) in [5.74, 6) is -0.988. The number of nitrogens with one attached hydrogen (secondary N) is 2. The van der Waals surface area contributed by atoms with E-state index in [9.17, 15) is 18.0 Å². The molecule has 0 fully saturated rings. The number of benzene rings is 1. The van der Waals surface area contributed by atoms with Crippen LogP contribution in [0.4, 0.5) is 4.79 Å². The zero-order valence-corrected chi connectivity index (χ0v) is 12.6. The van der Waals surface area contributed by atoms with Crippen molar-refractivity contribution in [3.63, 3.8) is 0 Å². The lowest BCUT2D eigenvalue weighted by atomic mass is 10.2. The molecule has 0 aliphatic rings. The second-order valence-electron chi connectivity index (χ2n) is 4.37. The Morgan fingerprint density at radius 2 is 1.77 bits per heavy atom. The van der Waals surface area contributed by atoms with Crippen LogP contribution in [-0.2, 0) is 26.3 Å². The van der Waals surface area contributed by atoms with Gasteiger partial charge in [0.05, 0.1) is 5.75 Å². The van der Waals surface area contributed by atoms with Crippen LogP contribution in [0.5, 0.6) is 0 Å². The molecule has 9 heteroatoms. The van der Waals surface area contributed by atoms with Crippen molar-refractivity contribution in [1.29, 1.82) is 0 Å². The number of hydrogen-bond acceptors (Lipinski definition) is 5. The summed E-state index contributed by atoms with van der Waals surface area (Å²) in [5, 5.41) is 4.70. The maximum atomic E-state index is 11.4. The zero-order chi connectivity index (χ0) is 16.4. The molecule has 1 aromatic rings. The summed E-state index contributed by atoms with van der Waals surface area (Å²) in [6, 6.07) is 9.14. The van der Waals surface area contributed by atoms with Gasteiger partial charge in [-0.2, -0.15) is 8.42 Å². The lowest BCUT2D eigenvalue weighted by molar-refractivity contribution is -0.120. The predicted octanol–water partition coefficient (Wildman–Crippen LogP) is 0.307. The van der Waals surface area contributed by atoms with Crippen LogP contribution >= 0.6 is 0 Å². The number of hydrogen-bond donors (Lipinski definition) is 3. The predicted molar refractivity (Wildman–Crippen MR) is 78.7 cm³/mol. The number of amides is 2. The molecule has 0 heterocycles. The van der Waals surface area contributed by atoms with Crippen molar-refractivity contribution in [3.8, 4) is 0 Å². The van der Waals surface area contributed by atoms with E-state index in [-0.39, 0.29) is 26.1 Å². The van der Waals surface area contributed by atoms with E-state index in [2.05, 4.69) is 10.6 Å². The van der Waals surface area contributed by atoms with Gasteiger partial charge in [-0.05, 0) is 5.56 Å². The minimum absolute atomic E-state index is 0.0219. The molecule has 0 aliphatic heterocycles. The number of carbonyl (C=O) groups is 2. The molecular formula is C13H18N2O6S. The molecule has 1 rings (SSSR count). The highest BCUT2D eigenvalue weighted by Crippen LogP contribution is 2.00. The van der Waals surface area contributed by atoms with E-state index in [4.69, 9.17) is 9.29 Å². The van der Waals surface area contributed by atoms with Crippen molar-refractivity contribution >= 4 is 22.1 Å². The van der Waals surface area contributed by atoms with Crippen LogP contribution in [-0.4, -0.2) is 43.8 Å². The van der Waals surface area contributed by atoms with Crippen molar-refractivity contribution in [1.82, 2.24) is 10.6 Å². The van der Waals surface area contributed by atoms with Crippen LogP contribution < -0.4 is 10.6 Å². The smallest absolute Gasteiger partial charge is 0.407 e. The topological polar surface area (TPSA) is 122 Å². The minimum Gasteiger partial charge on any atom is -0.445 e. The average molecular weight is 330 g/mol. The van der Waals surface area contributed by atoms with Crippen LogP contribution in [0.3, 0.4) is 0 Å². The fourth-order valence-corrected chi connectivity index (χ4v) is 1.82. The molecule has 0 spiro atoms. The number of carbonyl (C=O) groups excluding carboxylic acids is 2. The van der Waals surface area contributed by atoms with Crippen LogP contribution in [0, 0.1) is 0 Å². The summed E-state index contributed by atoms with van der Waals surface area (Å²) in [6.45, 7) is 0.00861. The quantitative estimate of drug-likeness (QED) is 0.590. The molecule has 3 N–H and O–H groups in total. The summed E-state index contributed by atoms with van der Waals surface area (Å²) in [6.07, 6.45) is -0.666. The van der Waals surface area contributed by atoms with Gasteiger partial charge in [-0.15, -0.1) is 0 Å². The third kappa shape index (κ3) is 8.93. The molecule has 0 bridgehead atoms. The zero-order valence-electron chi connectivity index (χ0n) is 11.8. The first-order valence-corrected chi connectivity index (χ1v) is 8.14. The van der Waals surface area contributed by atoms with Gasteiger partial charge in [0, 0.05) is 19.5 Å². The minimum atomic E-state index is -4.09. The van der Waals surface area contributed by atoms with Crippen LogP contribution in [0.25, 0.3) is 0 Å². The highest BCUT2D eigenvalue weighted by Gasteiger charge is 2.07. The lowest BCUT2D eigenvalue weighted by Crippen LogP contribution is -2.33. The second kappa shape index (κ2) is 9.00. The number of alkyl carbamates (subject to hydrolysis) is 1. The maximum absolute atomic E-state index is 11.4. The van der Waals surface area contributed by atoms with E-state index >= 15 is 0 Å². The van der Waals surface area contributed by atoms with Crippen LogP contribution in [0.15, 0.2) is 30.3 Å². The fraction of sp³-hybridized carbons (Fsp3) is 0.385. The Morgan fingerprint density at radius 3 is 2.41 bits per heavy atom. The molecule has 0 aromatic heterocycles. The van der Waals surface area contributed by atoms with Crippen LogP contribution in [0.1, 0.15) is 12.0 Å². The molecule has 0 saturated carbocycles. The molecule has 8 nitrogen and oxygen atoms in total. The molecule has 22 heavy (non-hydrogen) atoms. The molecule has 122 valence electrons. The van der Waals surface area contributed by atoms with Crippen molar-refractivity contribution < 1.29 is 27.3 Å². The molecular weight excluding hydrogens is 312 g/mol. The highest BCUT2D eigenvalue weighted by molar-refractivity contribution is 7.85. The third-order valence-electron chi connectivity index (χ3n) is 2.52. The largest absolute Gasteiger partial charge is 0.445 e. The maximum Gasteiger partial charge on any atom is 0.407 e. The van der Waals surface area contributed by atoms with Gasteiger partial charge in [-0.25, -0.2) is 4.79 Å². The van der Waals surface area contributed by atoms with Crippen molar-refractivity contribution in [2.45, 2.75) is 13.0 Å². The van der Waals surface area contributed by atoms with E-state index in [1.807, 2.05) is 30.3 Å². The van der Waals surface area contributed by atoms with Gasteiger partial charge in [0.25, 0.3) is 10.1 Å². The van der Waals surface area contributed by atoms with E-state index in [0.29, 0.717) is 0 Å². The fourth-order valence-electron chi connectivity index (χ4n) is 1.46. The van der Waals surface area contributed by atoms with E-state index in [1.54, 1.807) is 0 Å². The molecule has 2 amide bonds. The van der Waals surface area contributed by atoms with E-state index in [0.717, 1.165) is 5.56 Å². The van der Waals surface area contributed by atoms with Crippen molar-refractivity contribution in [3.05, 3.63) is 35.9 Å². The monoisotopic (exact) mass is 330 g/mol. The summed E-state index contributed by atoms with van der Waals surface area (Å²) in [7, 11) is -4.09. The summed E-state index contributed by atoms with van der Waals surface area (Å²) in [5.41, 5.74) is 0.848. The molecule has 0 radical (unpaired) electrons. The SMILES string of the molecule is O=C(CCNC(=O)OCc1ccccc1)NCCS(=O)(=O)O. The highest BCUT2D eigenvalue weighted by atomic mass is 32.2. The lowest BCUT2D eigenvalue weighted by Gasteiger charge is -2.07. The first-order chi connectivity index (χ1) is 10.4. The molecule has 1 aromatic carbocycles. The number of ether oxygens (including phenoxy) is 1. The average Bonchev–Trinajstić information content (AvgIpc) is 2.45. The molecule has 0 atom stereocenters. The Balaban J connectivity index is 2.10. The van der Waals surface area contributed by atoms with Gasteiger partial charge in [0.15, 0.2) is 0 Å². The van der Waals surface area contributed by atoms with Gasteiger partial charge < -0.3 is 15.4 Å². The molecule has 0 saturated heterocycles. The molecule has 0 aliphatic carbocycles. The normalized spacial score (nSPS) is 10.8. The summed E-state index contributed by atoms with van der Waals surface area (Å²) in [4.78, 5) is 22.7. The standard InChI is InChI=1S/C13H18N2O6S/c16-12(14-8-9-22(18,19)20)6-7-15-13(17)21-10-11-4-2-1-3-5-11/h1-5H,6-10H2,(H,14,16)(H,15,17)(H,18,19,20). The number of rotatable bonds is 8. The Labute approximate surface area is 128 Å². The van der Waals surface area contributed by atoms with Crippen molar-refractivity contribution in [2.75, 3.05) is 18.8 Å². The summed E-state index contributed by atoms with van der Waals surface area (Å²) >= 11 is 0. The first kappa shape index (κ1) is 17.9. The van der Waals surface area contributed by atoms with Gasteiger partial charge in [0.1, 0.15) is 6.61 Å². The Kier molecular flexibility index (Phi) is 7.33. The Bertz CT molecular complexity index is 588. The van der Waals surface area contributed by atoms with Crippen molar-refractivity contribution in [2.24, 2.45) is 0 Å². The van der Waals surface area contributed by atoms with Gasteiger partial charge in [0.2, 0.25) is 5.91 Å². The van der Waals surface area contributed by atoms with Gasteiger partial charge in [-0.1, -0.05) is 30.3 Å². The van der Waals surface area contributed by atoms with Gasteiger partial charge >= 0.3 is 6.09 Å². The summed E-state index contributed by atoms with van der Waals surface area (Å²) < 4.78 is 34.3. The van der Waals surface area contributed by atoms with Crippen LogP contribution in [0.2, 0.25) is 0 Å². The molecule has 0 unspecified atom stereocenters. The van der Waals surface area contributed by atoms with E-state index in [1.165, 1.54) is 0 Å². The van der Waals surface area contributed by atoms with E-state index < -0.39 is 27.9 Å². The Morgan fingerprint density at radius 1 is 1.09 bits per heavy atom.